The van der Waals surface area contributed by atoms with Crippen molar-refractivity contribution in [2.24, 2.45) is 0 Å². The summed E-state index contributed by atoms with van der Waals surface area (Å²) in [5, 5.41) is 4.61. The van der Waals surface area contributed by atoms with E-state index < -0.39 is 0 Å². The topological polar surface area (TPSA) is 36.3 Å². The van der Waals surface area contributed by atoms with E-state index in [2.05, 4.69) is 29.4 Å². The molecule has 0 saturated carbocycles. The molecule has 0 amide bonds. The number of hydrogen-bond donors (Lipinski definition) is 0. The molecule has 0 aliphatic carbocycles. The van der Waals surface area contributed by atoms with Crippen LogP contribution in [0.25, 0.3) is 17.3 Å². The predicted molar refractivity (Wildman–Crippen MR) is 89.3 cm³/mol. The van der Waals surface area contributed by atoms with Gasteiger partial charge in [-0.1, -0.05) is 42.5 Å². The third-order valence-electron chi connectivity index (χ3n) is 3.71. The van der Waals surface area contributed by atoms with Crippen LogP contribution in [0.3, 0.4) is 0 Å². The molecule has 0 radical (unpaired) electrons. The Morgan fingerprint density at radius 3 is 2.78 bits per heavy atom. The highest BCUT2D eigenvalue weighted by Crippen LogP contribution is 2.35. The SMILES string of the molecule is C(=Cc1ccccc1)Cn1ccc(-c2ccc3c(c2)OCO3)n1. The first-order chi connectivity index (χ1) is 11.4. The number of aromatic nitrogens is 2. The van der Waals surface area contributed by atoms with Crippen molar-refractivity contribution >= 4 is 6.08 Å². The number of hydrogen-bond acceptors (Lipinski definition) is 3. The van der Waals surface area contributed by atoms with Crippen molar-refractivity contribution in [3.8, 4) is 22.8 Å². The van der Waals surface area contributed by atoms with Gasteiger partial charge in [-0.2, -0.15) is 5.10 Å². The standard InChI is InChI=1S/C19H16N2O2/c1-2-5-15(6-3-1)7-4-11-21-12-10-17(20-21)16-8-9-18-19(13-16)23-14-22-18/h1-10,12-13H,11,14H2. The van der Waals surface area contributed by atoms with E-state index in [1.165, 1.54) is 5.56 Å². The number of fused-ring (bicyclic) bond motifs is 1. The Balaban J connectivity index is 1.48. The molecule has 0 bridgehead atoms. The molecular weight excluding hydrogens is 288 g/mol. The average molecular weight is 304 g/mol. The van der Waals surface area contributed by atoms with Crippen molar-refractivity contribution in [1.29, 1.82) is 0 Å². The lowest BCUT2D eigenvalue weighted by Crippen LogP contribution is -1.95. The highest BCUT2D eigenvalue weighted by molar-refractivity contribution is 5.64. The van der Waals surface area contributed by atoms with Crippen LogP contribution in [0.1, 0.15) is 5.56 Å². The molecule has 2 aromatic carbocycles. The van der Waals surface area contributed by atoms with Gasteiger partial charge >= 0.3 is 0 Å². The zero-order chi connectivity index (χ0) is 15.5. The smallest absolute Gasteiger partial charge is 0.231 e. The second-order valence-electron chi connectivity index (χ2n) is 5.30. The Morgan fingerprint density at radius 1 is 1.00 bits per heavy atom. The van der Waals surface area contributed by atoms with E-state index in [0.717, 1.165) is 29.3 Å². The molecule has 0 unspecified atom stereocenters. The zero-order valence-electron chi connectivity index (χ0n) is 12.6. The van der Waals surface area contributed by atoms with Crippen molar-refractivity contribution in [2.75, 3.05) is 6.79 Å². The molecule has 0 saturated heterocycles. The molecule has 23 heavy (non-hydrogen) atoms. The first kappa shape index (κ1) is 13.6. The maximum atomic E-state index is 5.41. The third-order valence-corrected chi connectivity index (χ3v) is 3.71. The van der Waals surface area contributed by atoms with Gasteiger partial charge < -0.3 is 9.47 Å². The first-order valence-corrected chi connectivity index (χ1v) is 7.53. The molecule has 2 heterocycles. The summed E-state index contributed by atoms with van der Waals surface area (Å²) in [7, 11) is 0. The predicted octanol–water partition coefficient (Wildman–Crippen LogP) is 3.99. The van der Waals surface area contributed by atoms with Gasteiger partial charge in [0.1, 0.15) is 0 Å². The Bertz CT molecular complexity index is 838. The highest BCUT2D eigenvalue weighted by Gasteiger charge is 2.14. The van der Waals surface area contributed by atoms with Crippen molar-refractivity contribution in [3.63, 3.8) is 0 Å². The van der Waals surface area contributed by atoms with E-state index in [4.69, 9.17) is 9.47 Å². The van der Waals surface area contributed by atoms with E-state index in [0.29, 0.717) is 0 Å². The molecule has 4 heteroatoms. The van der Waals surface area contributed by atoms with Crippen LogP contribution < -0.4 is 9.47 Å². The Hall–Kier alpha value is -3.01. The molecule has 1 aromatic heterocycles. The van der Waals surface area contributed by atoms with Crippen LogP contribution in [-0.4, -0.2) is 16.6 Å². The fraction of sp³-hybridized carbons (Fsp3) is 0.105. The van der Waals surface area contributed by atoms with Crippen LogP contribution in [-0.2, 0) is 6.54 Å². The lowest BCUT2D eigenvalue weighted by Gasteiger charge is -2.00. The first-order valence-electron chi connectivity index (χ1n) is 7.53. The van der Waals surface area contributed by atoms with Crippen molar-refractivity contribution in [3.05, 3.63) is 72.4 Å². The third kappa shape index (κ3) is 2.97. The maximum absolute atomic E-state index is 5.41. The van der Waals surface area contributed by atoms with Gasteiger partial charge in [-0.15, -0.1) is 0 Å². The largest absolute Gasteiger partial charge is 0.454 e. The van der Waals surface area contributed by atoms with Gasteiger partial charge in [0.2, 0.25) is 6.79 Å². The fourth-order valence-electron chi connectivity index (χ4n) is 2.53. The van der Waals surface area contributed by atoms with Crippen LogP contribution in [0, 0.1) is 0 Å². The average Bonchev–Trinajstić information content (AvgIpc) is 3.24. The van der Waals surface area contributed by atoms with E-state index in [9.17, 15) is 0 Å². The molecule has 0 atom stereocenters. The molecule has 0 spiro atoms. The van der Waals surface area contributed by atoms with Gasteiger partial charge in [0.25, 0.3) is 0 Å². The van der Waals surface area contributed by atoms with Crippen LogP contribution in [0.15, 0.2) is 66.9 Å². The van der Waals surface area contributed by atoms with Crippen molar-refractivity contribution in [2.45, 2.75) is 6.54 Å². The summed E-state index contributed by atoms with van der Waals surface area (Å²) in [5.74, 6) is 1.57. The molecule has 114 valence electrons. The Kier molecular flexibility index (Phi) is 3.56. The van der Waals surface area contributed by atoms with Gasteiger partial charge in [0.05, 0.1) is 12.2 Å². The summed E-state index contributed by atoms with van der Waals surface area (Å²) in [4.78, 5) is 0. The second-order valence-corrected chi connectivity index (χ2v) is 5.30. The lowest BCUT2D eigenvalue weighted by molar-refractivity contribution is 0.174. The minimum Gasteiger partial charge on any atom is -0.454 e. The number of allylic oxidation sites excluding steroid dienone is 1. The Morgan fingerprint density at radius 2 is 1.87 bits per heavy atom. The molecule has 0 N–H and O–H groups in total. The minimum absolute atomic E-state index is 0.289. The quantitative estimate of drug-likeness (QED) is 0.731. The normalized spacial score (nSPS) is 12.9. The lowest BCUT2D eigenvalue weighted by atomic mass is 10.1. The van der Waals surface area contributed by atoms with Crippen molar-refractivity contribution in [1.82, 2.24) is 9.78 Å². The molecule has 1 aliphatic heterocycles. The van der Waals surface area contributed by atoms with Crippen LogP contribution in [0.2, 0.25) is 0 Å². The summed E-state index contributed by atoms with van der Waals surface area (Å²) >= 11 is 0. The molecule has 3 aromatic rings. The van der Waals surface area contributed by atoms with Crippen LogP contribution in [0.5, 0.6) is 11.5 Å². The second kappa shape index (κ2) is 6.01. The summed E-state index contributed by atoms with van der Waals surface area (Å²) in [5.41, 5.74) is 3.15. The van der Waals surface area contributed by atoms with Crippen LogP contribution >= 0.6 is 0 Å². The van der Waals surface area contributed by atoms with E-state index in [-0.39, 0.29) is 6.79 Å². The van der Waals surface area contributed by atoms with Gasteiger partial charge in [-0.3, -0.25) is 4.68 Å². The summed E-state index contributed by atoms with van der Waals surface area (Å²) in [6.07, 6.45) is 6.18. The molecule has 4 rings (SSSR count). The van der Waals surface area contributed by atoms with Gasteiger partial charge in [0, 0.05) is 11.8 Å². The highest BCUT2D eigenvalue weighted by atomic mass is 16.7. The number of benzene rings is 2. The zero-order valence-corrected chi connectivity index (χ0v) is 12.6. The van der Waals surface area contributed by atoms with Gasteiger partial charge in [-0.25, -0.2) is 0 Å². The van der Waals surface area contributed by atoms with Gasteiger partial charge in [-0.05, 0) is 29.8 Å². The van der Waals surface area contributed by atoms with Crippen LogP contribution in [0.4, 0.5) is 0 Å². The van der Waals surface area contributed by atoms with E-state index >= 15 is 0 Å². The number of ether oxygens (including phenoxy) is 2. The van der Waals surface area contributed by atoms with Gasteiger partial charge in [0.15, 0.2) is 11.5 Å². The fourth-order valence-corrected chi connectivity index (χ4v) is 2.53. The summed E-state index contributed by atoms with van der Waals surface area (Å²) < 4.78 is 12.7. The van der Waals surface area contributed by atoms with E-state index in [1.54, 1.807) is 0 Å². The summed E-state index contributed by atoms with van der Waals surface area (Å²) in [6.45, 7) is 1.02. The van der Waals surface area contributed by atoms with E-state index in [1.807, 2.05) is 53.3 Å². The number of nitrogens with zero attached hydrogens (tertiary/aromatic N) is 2. The molecule has 4 nitrogen and oxygen atoms in total. The summed E-state index contributed by atoms with van der Waals surface area (Å²) in [6, 6.07) is 18.1. The maximum Gasteiger partial charge on any atom is 0.231 e. The Labute approximate surface area is 134 Å². The monoisotopic (exact) mass is 304 g/mol. The molecule has 1 aliphatic rings. The molecule has 0 fully saturated rings. The van der Waals surface area contributed by atoms with Crippen molar-refractivity contribution < 1.29 is 9.47 Å². The minimum atomic E-state index is 0.289. The number of rotatable bonds is 4. The molecular formula is C19H16N2O2.